The lowest BCUT2D eigenvalue weighted by molar-refractivity contribution is -0.116. The van der Waals surface area contributed by atoms with Crippen LogP contribution in [-0.4, -0.2) is 58.0 Å². The van der Waals surface area contributed by atoms with Gasteiger partial charge in [0.15, 0.2) is 0 Å². The average molecular weight is 408 g/mol. The molecule has 0 unspecified atom stereocenters. The molecule has 1 N–H and O–H groups in total. The second kappa shape index (κ2) is 9.82. The van der Waals surface area contributed by atoms with Crippen LogP contribution in [0.2, 0.25) is 0 Å². The molecule has 1 aromatic rings. The highest BCUT2D eigenvalue weighted by Gasteiger charge is 2.23. The Morgan fingerprint density at radius 2 is 2.00 bits per heavy atom. The quantitative estimate of drug-likeness (QED) is 0.741. The average Bonchev–Trinajstić information content (AvgIpc) is 3.02. The first-order valence-electron chi connectivity index (χ1n) is 9.47. The molecule has 1 aromatic carbocycles. The van der Waals surface area contributed by atoms with Crippen LogP contribution < -0.4 is 5.32 Å². The van der Waals surface area contributed by atoms with Crippen LogP contribution >= 0.6 is 11.8 Å². The molecule has 28 heavy (non-hydrogen) atoms. The van der Waals surface area contributed by atoms with E-state index in [1.54, 1.807) is 9.80 Å². The van der Waals surface area contributed by atoms with Gasteiger partial charge in [-0.15, -0.1) is 0 Å². The van der Waals surface area contributed by atoms with E-state index in [-0.39, 0.29) is 23.7 Å². The van der Waals surface area contributed by atoms with E-state index in [1.807, 2.05) is 52.0 Å². The van der Waals surface area contributed by atoms with E-state index >= 15 is 0 Å². The van der Waals surface area contributed by atoms with Gasteiger partial charge in [-0.2, -0.15) is 0 Å². The van der Waals surface area contributed by atoms with Gasteiger partial charge in [-0.1, -0.05) is 30.0 Å². The fourth-order valence-electron chi connectivity index (χ4n) is 2.70. The van der Waals surface area contributed by atoms with Gasteiger partial charge in [0.1, 0.15) is 5.60 Å². The lowest BCUT2D eigenvalue weighted by Gasteiger charge is -2.27. The van der Waals surface area contributed by atoms with Crippen LogP contribution in [0.15, 0.2) is 24.3 Å². The molecule has 154 valence electrons. The van der Waals surface area contributed by atoms with Crippen molar-refractivity contribution in [2.24, 2.45) is 0 Å². The maximum absolute atomic E-state index is 12.4. The smallest absolute Gasteiger partial charge is 0.410 e. The number of carbonyl (C=O) groups excluding carboxylic acids is 3. The number of ether oxygens (including phenoxy) is 1. The summed E-state index contributed by atoms with van der Waals surface area (Å²) in [4.78, 5) is 39.6. The second-order valence-corrected chi connectivity index (χ2v) is 8.60. The number of anilines is 1. The van der Waals surface area contributed by atoms with Crippen molar-refractivity contribution in [2.45, 2.75) is 46.3 Å². The predicted octanol–water partition coefficient (Wildman–Crippen LogP) is 3.94. The molecule has 0 radical (unpaired) electrons. The van der Waals surface area contributed by atoms with Crippen molar-refractivity contribution in [3.8, 4) is 0 Å². The molecule has 1 saturated heterocycles. The predicted molar refractivity (Wildman–Crippen MR) is 111 cm³/mol. The van der Waals surface area contributed by atoms with E-state index in [0.717, 1.165) is 11.3 Å². The number of hydrogen-bond acceptors (Lipinski definition) is 5. The standard InChI is InChI=1S/C20H29N3O4S/c1-5-22(18(25)27-20(2,3)4)14-15-8-6-7-9-16(15)21-17(24)10-11-23-12-13-28-19(23)26/h6-9H,5,10-14H2,1-4H3,(H,21,24). The largest absolute Gasteiger partial charge is 0.444 e. The SMILES string of the molecule is CCN(Cc1ccccc1NC(=O)CCN1CCSC1=O)C(=O)OC(C)(C)C. The van der Waals surface area contributed by atoms with Gasteiger partial charge in [0, 0.05) is 37.5 Å². The number of benzene rings is 1. The lowest BCUT2D eigenvalue weighted by Crippen LogP contribution is -2.36. The van der Waals surface area contributed by atoms with Crippen LogP contribution in [0.25, 0.3) is 0 Å². The summed E-state index contributed by atoms with van der Waals surface area (Å²) in [6.07, 6.45) is -0.148. The normalized spacial score (nSPS) is 14.1. The van der Waals surface area contributed by atoms with Gasteiger partial charge in [0.05, 0.1) is 6.54 Å². The van der Waals surface area contributed by atoms with Gasteiger partial charge < -0.3 is 19.9 Å². The zero-order valence-corrected chi connectivity index (χ0v) is 17.8. The Bertz CT molecular complexity index is 718. The molecular weight excluding hydrogens is 378 g/mol. The topological polar surface area (TPSA) is 79.0 Å². The van der Waals surface area contributed by atoms with E-state index in [4.69, 9.17) is 4.74 Å². The number of para-hydroxylation sites is 1. The van der Waals surface area contributed by atoms with Gasteiger partial charge in [0.25, 0.3) is 5.24 Å². The van der Waals surface area contributed by atoms with E-state index in [9.17, 15) is 14.4 Å². The zero-order valence-electron chi connectivity index (χ0n) is 17.0. The maximum Gasteiger partial charge on any atom is 0.410 e. The molecule has 8 heteroatoms. The number of amides is 3. The molecule has 0 saturated carbocycles. The Morgan fingerprint density at radius 1 is 1.29 bits per heavy atom. The first-order chi connectivity index (χ1) is 13.2. The fraction of sp³-hybridized carbons (Fsp3) is 0.550. The van der Waals surface area contributed by atoms with Crippen LogP contribution in [0.5, 0.6) is 0 Å². The Morgan fingerprint density at radius 3 is 2.61 bits per heavy atom. The number of rotatable bonds is 7. The third-order valence-electron chi connectivity index (χ3n) is 4.14. The Hall–Kier alpha value is -2.22. The Kier molecular flexibility index (Phi) is 7.74. The number of nitrogens with zero attached hydrogens (tertiary/aromatic N) is 2. The van der Waals surface area contributed by atoms with E-state index in [1.165, 1.54) is 11.8 Å². The minimum Gasteiger partial charge on any atom is -0.444 e. The summed E-state index contributed by atoms with van der Waals surface area (Å²) in [6.45, 7) is 9.31. The summed E-state index contributed by atoms with van der Waals surface area (Å²) in [5.74, 6) is 0.623. The molecule has 1 aliphatic rings. The summed E-state index contributed by atoms with van der Waals surface area (Å²) < 4.78 is 5.45. The minimum atomic E-state index is -0.566. The molecule has 0 aromatic heterocycles. The van der Waals surface area contributed by atoms with E-state index in [0.29, 0.717) is 31.9 Å². The summed E-state index contributed by atoms with van der Waals surface area (Å²) in [5.41, 5.74) is 0.928. The fourth-order valence-corrected chi connectivity index (χ4v) is 3.55. The molecule has 1 aliphatic heterocycles. The van der Waals surface area contributed by atoms with Gasteiger partial charge >= 0.3 is 6.09 Å². The van der Waals surface area contributed by atoms with Crippen LogP contribution in [0, 0.1) is 0 Å². The molecule has 1 heterocycles. The molecular formula is C20H29N3O4S. The van der Waals surface area contributed by atoms with Gasteiger partial charge in [-0.05, 0) is 39.3 Å². The van der Waals surface area contributed by atoms with Crippen molar-refractivity contribution in [2.75, 3.05) is 30.7 Å². The van der Waals surface area contributed by atoms with Crippen molar-refractivity contribution in [3.63, 3.8) is 0 Å². The van der Waals surface area contributed by atoms with Crippen LogP contribution in [-0.2, 0) is 16.1 Å². The molecule has 0 atom stereocenters. The third kappa shape index (κ3) is 6.74. The lowest BCUT2D eigenvalue weighted by atomic mass is 10.1. The zero-order chi connectivity index (χ0) is 20.7. The molecule has 1 fully saturated rings. The van der Waals surface area contributed by atoms with Crippen LogP contribution in [0.4, 0.5) is 15.3 Å². The van der Waals surface area contributed by atoms with Gasteiger partial charge in [0.2, 0.25) is 5.91 Å². The van der Waals surface area contributed by atoms with Crippen molar-refractivity contribution < 1.29 is 19.1 Å². The number of nitrogens with one attached hydrogen (secondary N) is 1. The number of hydrogen-bond donors (Lipinski definition) is 1. The highest BCUT2D eigenvalue weighted by molar-refractivity contribution is 8.13. The van der Waals surface area contributed by atoms with Crippen molar-refractivity contribution >= 4 is 34.7 Å². The molecule has 0 spiro atoms. The van der Waals surface area contributed by atoms with Crippen molar-refractivity contribution in [3.05, 3.63) is 29.8 Å². The minimum absolute atomic E-state index is 0.0316. The second-order valence-electron chi connectivity index (χ2n) is 7.55. The summed E-state index contributed by atoms with van der Waals surface area (Å²) >= 11 is 1.29. The number of carbonyl (C=O) groups is 3. The van der Waals surface area contributed by atoms with Gasteiger partial charge in [-0.3, -0.25) is 9.59 Å². The first kappa shape index (κ1) is 22.1. The maximum atomic E-state index is 12.4. The monoisotopic (exact) mass is 407 g/mol. The van der Waals surface area contributed by atoms with Gasteiger partial charge in [-0.25, -0.2) is 4.79 Å². The first-order valence-corrected chi connectivity index (χ1v) is 10.5. The molecule has 3 amide bonds. The van der Waals surface area contributed by atoms with E-state index < -0.39 is 5.60 Å². The molecule has 0 bridgehead atoms. The summed E-state index contributed by atoms with van der Waals surface area (Å²) in [6, 6.07) is 7.40. The summed E-state index contributed by atoms with van der Waals surface area (Å²) in [5, 5.41) is 2.94. The van der Waals surface area contributed by atoms with Crippen molar-refractivity contribution in [1.82, 2.24) is 9.80 Å². The molecule has 0 aliphatic carbocycles. The highest BCUT2D eigenvalue weighted by atomic mass is 32.2. The van der Waals surface area contributed by atoms with Crippen LogP contribution in [0.3, 0.4) is 0 Å². The Balaban J connectivity index is 1.98. The molecule has 2 rings (SSSR count). The van der Waals surface area contributed by atoms with Crippen LogP contribution in [0.1, 0.15) is 39.7 Å². The highest BCUT2D eigenvalue weighted by Crippen LogP contribution is 2.20. The van der Waals surface area contributed by atoms with Crippen molar-refractivity contribution in [1.29, 1.82) is 0 Å². The van der Waals surface area contributed by atoms with E-state index in [2.05, 4.69) is 5.32 Å². The third-order valence-corrected chi connectivity index (χ3v) is 5.03. The number of thioether (sulfide) groups is 1. The summed E-state index contributed by atoms with van der Waals surface area (Å²) in [7, 11) is 0. The molecule has 7 nitrogen and oxygen atoms in total. The Labute approximate surface area is 170 Å².